The monoisotopic (exact) mass is 322 g/mol. The second kappa shape index (κ2) is 7.04. The first kappa shape index (κ1) is 15.9. The summed E-state index contributed by atoms with van der Waals surface area (Å²) in [5, 5.41) is 0.772. The van der Waals surface area contributed by atoms with Gasteiger partial charge in [-0.1, -0.05) is 13.8 Å². The number of allylic oxidation sites excluding steroid dienone is 1. The minimum absolute atomic E-state index is 0.112. The second-order valence-corrected chi connectivity index (χ2v) is 5.79. The van der Waals surface area contributed by atoms with Crippen LogP contribution in [0.5, 0.6) is 5.88 Å². The lowest BCUT2D eigenvalue weighted by Gasteiger charge is -2.08. The number of hydrogen-bond donors (Lipinski definition) is 1. The van der Waals surface area contributed by atoms with E-state index in [0.717, 1.165) is 10.9 Å². The fourth-order valence-corrected chi connectivity index (χ4v) is 2.21. The predicted octanol–water partition coefficient (Wildman–Crippen LogP) is 3.28. The van der Waals surface area contributed by atoms with E-state index < -0.39 is 0 Å². The van der Waals surface area contributed by atoms with E-state index in [4.69, 9.17) is 4.74 Å². The van der Waals surface area contributed by atoms with E-state index in [-0.39, 0.29) is 5.78 Å². The summed E-state index contributed by atoms with van der Waals surface area (Å²) in [7, 11) is 0. The predicted molar refractivity (Wildman–Crippen MR) is 91.8 cm³/mol. The minimum atomic E-state index is -0.112. The molecule has 0 aliphatic rings. The Morgan fingerprint density at radius 2 is 2.25 bits per heavy atom. The molecule has 6 heteroatoms. The largest absolute Gasteiger partial charge is 0.477 e. The number of H-pyrrole nitrogens is 1. The molecule has 0 aromatic carbocycles. The molecule has 0 unspecified atom stereocenters. The van der Waals surface area contributed by atoms with Crippen LogP contribution in [0.3, 0.4) is 0 Å². The number of pyridine rings is 1. The number of fused-ring (bicyclic) bond motifs is 1. The van der Waals surface area contributed by atoms with Crippen molar-refractivity contribution < 1.29 is 9.53 Å². The van der Waals surface area contributed by atoms with Gasteiger partial charge >= 0.3 is 0 Å². The van der Waals surface area contributed by atoms with Crippen LogP contribution in [0.25, 0.3) is 17.1 Å². The van der Waals surface area contributed by atoms with E-state index in [0.29, 0.717) is 29.6 Å². The molecule has 0 saturated carbocycles. The zero-order valence-electron chi connectivity index (χ0n) is 13.6. The maximum absolute atomic E-state index is 12.2. The standard InChI is InChI=1S/C18H18N4O2/c1-12(2)10-24-18-16-14(9-20-17(16)21-11-22-18)5-6-15(23)13-4-3-7-19-8-13/h3-9,11-12H,10H2,1-2H3,(H,20,21,22)/b6-5+. The van der Waals surface area contributed by atoms with E-state index in [2.05, 4.69) is 33.8 Å². The van der Waals surface area contributed by atoms with Gasteiger partial charge in [-0.05, 0) is 30.2 Å². The first-order valence-corrected chi connectivity index (χ1v) is 7.72. The molecular formula is C18H18N4O2. The fourth-order valence-electron chi connectivity index (χ4n) is 2.21. The molecule has 1 N–H and O–H groups in total. The van der Waals surface area contributed by atoms with Crippen molar-refractivity contribution >= 4 is 22.9 Å². The highest BCUT2D eigenvalue weighted by atomic mass is 16.5. The normalized spacial score (nSPS) is 11.5. The molecule has 6 nitrogen and oxygen atoms in total. The molecule has 3 aromatic rings. The summed E-state index contributed by atoms with van der Waals surface area (Å²) in [6, 6.07) is 3.47. The van der Waals surface area contributed by atoms with Crippen molar-refractivity contribution in [1.82, 2.24) is 19.9 Å². The zero-order chi connectivity index (χ0) is 16.9. The Morgan fingerprint density at radius 1 is 1.38 bits per heavy atom. The molecule has 0 radical (unpaired) electrons. The Balaban J connectivity index is 1.89. The number of rotatable bonds is 6. The van der Waals surface area contributed by atoms with Crippen molar-refractivity contribution in [3.8, 4) is 5.88 Å². The van der Waals surface area contributed by atoms with Crippen molar-refractivity contribution in [1.29, 1.82) is 0 Å². The van der Waals surface area contributed by atoms with E-state index in [1.54, 1.807) is 36.8 Å². The third kappa shape index (κ3) is 3.48. The number of nitrogens with zero attached hydrogens (tertiary/aromatic N) is 3. The van der Waals surface area contributed by atoms with Gasteiger partial charge in [0.1, 0.15) is 12.0 Å². The lowest BCUT2D eigenvalue weighted by molar-refractivity contribution is 0.104. The molecule has 3 heterocycles. The quantitative estimate of drug-likeness (QED) is 0.556. The number of ether oxygens (including phenoxy) is 1. The van der Waals surface area contributed by atoms with Gasteiger partial charge in [-0.15, -0.1) is 0 Å². The zero-order valence-corrected chi connectivity index (χ0v) is 13.6. The molecule has 0 bridgehead atoms. The van der Waals surface area contributed by atoms with E-state index in [9.17, 15) is 4.79 Å². The highest BCUT2D eigenvalue weighted by molar-refractivity contribution is 6.07. The van der Waals surface area contributed by atoms with Gasteiger partial charge in [0.25, 0.3) is 0 Å². The molecule has 0 aliphatic carbocycles. The lowest BCUT2D eigenvalue weighted by atomic mass is 10.1. The summed E-state index contributed by atoms with van der Waals surface area (Å²) in [5.74, 6) is 0.794. The number of aromatic nitrogens is 4. The van der Waals surface area contributed by atoms with Gasteiger partial charge in [0, 0.05) is 29.7 Å². The summed E-state index contributed by atoms with van der Waals surface area (Å²) in [4.78, 5) is 27.6. The maximum Gasteiger partial charge on any atom is 0.226 e. The molecule has 3 aromatic heterocycles. The summed E-state index contributed by atoms with van der Waals surface area (Å²) in [6.45, 7) is 4.71. The van der Waals surface area contributed by atoms with Crippen LogP contribution >= 0.6 is 0 Å². The summed E-state index contributed by atoms with van der Waals surface area (Å²) < 4.78 is 5.77. The van der Waals surface area contributed by atoms with Crippen molar-refractivity contribution in [2.75, 3.05) is 6.61 Å². The molecule has 0 spiro atoms. The SMILES string of the molecule is CC(C)COc1ncnc2[nH]cc(/C=C/C(=O)c3cccnc3)c12. The molecule has 3 rings (SSSR count). The van der Waals surface area contributed by atoms with Crippen LogP contribution in [0.1, 0.15) is 29.8 Å². The third-order valence-electron chi connectivity index (χ3n) is 3.38. The van der Waals surface area contributed by atoms with Crippen molar-refractivity contribution in [3.63, 3.8) is 0 Å². The smallest absolute Gasteiger partial charge is 0.226 e. The summed E-state index contributed by atoms with van der Waals surface area (Å²) in [5.41, 5.74) is 2.03. The summed E-state index contributed by atoms with van der Waals surface area (Å²) >= 11 is 0. The Labute approximate surface area is 139 Å². The van der Waals surface area contributed by atoms with E-state index in [1.165, 1.54) is 12.4 Å². The average Bonchev–Trinajstić information content (AvgIpc) is 3.02. The lowest BCUT2D eigenvalue weighted by Crippen LogP contribution is -2.06. The van der Waals surface area contributed by atoms with Gasteiger partial charge in [-0.3, -0.25) is 9.78 Å². The van der Waals surface area contributed by atoms with Crippen molar-refractivity contribution in [2.45, 2.75) is 13.8 Å². The molecule has 0 atom stereocenters. The van der Waals surface area contributed by atoms with Crippen molar-refractivity contribution in [2.24, 2.45) is 5.92 Å². The number of carbonyl (C=O) groups is 1. The Hall–Kier alpha value is -3.02. The summed E-state index contributed by atoms with van der Waals surface area (Å²) in [6.07, 6.45) is 9.67. The van der Waals surface area contributed by atoms with Gasteiger partial charge in [-0.2, -0.15) is 0 Å². The number of nitrogens with one attached hydrogen (secondary N) is 1. The number of hydrogen-bond acceptors (Lipinski definition) is 5. The molecule has 24 heavy (non-hydrogen) atoms. The van der Waals surface area contributed by atoms with Gasteiger partial charge in [0.15, 0.2) is 5.78 Å². The first-order valence-electron chi connectivity index (χ1n) is 7.72. The van der Waals surface area contributed by atoms with Gasteiger partial charge in [0.05, 0.1) is 12.0 Å². The topological polar surface area (TPSA) is 80.8 Å². The van der Waals surface area contributed by atoms with E-state index >= 15 is 0 Å². The molecule has 0 amide bonds. The van der Waals surface area contributed by atoms with Crippen LogP contribution in [0.4, 0.5) is 0 Å². The number of ketones is 1. The number of aromatic amines is 1. The van der Waals surface area contributed by atoms with Gasteiger partial charge < -0.3 is 9.72 Å². The number of carbonyl (C=O) groups excluding carboxylic acids is 1. The second-order valence-electron chi connectivity index (χ2n) is 5.79. The van der Waals surface area contributed by atoms with Crippen LogP contribution < -0.4 is 4.74 Å². The van der Waals surface area contributed by atoms with Gasteiger partial charge in [-0.25, -0.2) is 9.97 Å². The third-order valence-corrected chi connectivity index (χ3v) is 3.38. The van der Waals surface area contributed by atoms with Gasteiger partial charge in [0.2, 0.25) is 5.88 Å². The Kier molecular flexibility index (Phi) is 4.65. The highest BCUT2D eigenvalue weighted by Crippen LogP contribution is 2.26. The Morgan fingerprint density at radius 3 is 3.00 bits per heavy atom. The molecular weight excluding hydrogens is 304 g/mol. The molecule has 122 valence electrons. The van der Waals surface area contributed by atoms with Crippen LogP contribution in [0.15, 0.2) is 43.1 Å². The molecule has 0 fully saturated rings. The van der Waals surface area contributed by atoms with Crippen molar-refractivity contribution in [3.05, 3.63) is 54.3 Å². The fraction of sp³-hybridized carbons (Fsp3) is 0.222. The van der Waals surface area contributed by atoms with Crippen LogP contribution in [-0.2, 0) is 0 Å². The van der Waals surface area contributed by atoms with Crippen LogP contribution in [-0.4, -0.2) is 32.3 Å². The Bertz CT molecular complexity index is 869. The average molecular weight is 322 g/mol. The van der Waals surface area contributed by atoms with Crippen LogP contribution in [0, 0.1) is 5.92 Å². The molecule has 0 saturated heterocycles. The highest BCUT2D eigenvalue weighted by Gasteiger charge is 2.11. The first-order chi connectivity index (χ1) is 11.6. The maximum atomic E-state index is 12.2. The molecule has 0 aliphatic heterocycles. The minimum Gasteiger partial charge on any atom is -0.477 e. The van der Waals surface area contributed by atoms with E-state index in [1.807, 2.05) is 0 Å². The van der Waals surface area contributed by atoms with Crippen LogP contribution in [0.2, 0.25) is 0 Å².